The normalized spacial score (nSPS) is 28.2. The third kappa shape index (κ3) is 2.23. The molecular formula is C12H20N2O3. The van der Waals surface area contributed by atoms with Crippen molar-refractivity contribution in [1.82, 2.24) is 10.2 Å². The maximum atomic E-state index is 12.0. The van der Waals surface area contributed by atoms with Gasteiger partial charge in [0.25, 0.3) is 0 Å². The summed E-state index contributed by atoms with van der Waals surface area (Å²) >= 11 is 0. The quantitative estimate of drug-likeness (QED) is 0.783. The average Bonchev–Trinajstić information content (AvgIpc) is 2.96. The second kappa shape index (κ2) is 4.55. The molecule has 1 saturated heterocycles. The lowest BCUT2D eigenvalue weighted by molar-refractivity contribution is -0.148. The number of hydrogen-bond acceptors (Lipinski definition) is 2. The highest BCUT2D eigenvalue weighted by Crippen LogP contribution is 2.34. The summed E-state index contributed by atoms with van der Waals surface area (Å²) in [6, 6.07) is 0.0806. The van der Waals surface area contributed by atoms with Crippen molar-refractivity contribution in [2.45, 2.75) is 57.0 Å². The van der Waals surface area contributed by atoms with E-state index in [1.165, 1.54) is 4.90 Å². The number of rotatable bonds is 4. The van der Waals surface area contributed by atoms with Gasteiger partial charge in [-0.3, -0.25) is 0 Å². The molecule has 1 atom stereocenters. The maximum absolute atomic E-state index is 12.0. The Balaban J connectivity index is 2.11. The lowest BCUT2D eigenvalue weighted by Gasteiger charge is -2.34. The van der Waals surface area contributed by atoms with E-state index in [9.17, 15) is 14.7 Å². The summed E-state index contributed by atoms with van der Waals surface area (Å²) in [4.78, 5) is 25.1. The summed E-state index contributed by atoms with van der Waals surface area (Å²) in [6.07, 6.45) is 4.72. The van der Waals surface area contributed by atoms with E-state index in [0.29, 0.717) is 19.4 Å². The monoisotopic (exact) mass is 240 g/mol. The van der Waals surface area contributed by atoms with Crippen LogP contribution in [0.4, 0.5) is 4.79 Å². The third-order valence-corrected chi connectivity index (χ3v) is 3.70. The first-order valence-electron chi connectivity index (χ1n) is 6.41. The van der Waals surface area contributed by atoms with Crippen LogP contribution >= 0.6 is 0 Å². The van der Waals surface area contributed by atoms with Crippen LogP contribution < -0.4 is 5.32 Å². The zero-order valence-electron chi connectivity index (χ0n) is 10.2. The molecule has 2 aliphatic rings. The van der Waals surface area contributed by atoms with Gasteiger partial charge in [0.1, 0.15) is 5.54 Å². The van der Waals surface area contributed by atoms with Crippen LogP contribution in [-0.2, 0) is 4.79 Å². The first-order valence-corrected chi connectivity index (χ1v) is 6.41. The largest absolute Gasteiger partial charge is 0.479 e. The van der Waals surface area contributed by atoms with Gasteiger partial charge in [-0.15, -0.1) is 0 Å². The molecule has 0 aromatic heterocycles. The zero-order chi connectivity index (χ0) is 12.5. The smallest absolute Gasteiger partial charge is 0.329 e. The lowest BCUT2D eigenvalue weighted by atomic mass is 9.91. The predicted octanol–water partition coefficient (Wildman–Crippen LogP) is 1.58. The van der Waals surface area contributed by atoms with Gasteiger partial charge in [-0.05, 0) is 32.1 Å². The summed E-state index contributed by atoms with van der Waals surface area (Å²) in [7, 11) is 0. The van der Waals surface area contributed by atoms with Gasteiger partial charge >= 0.3 is 12.0 Å². The molecule has 2 amide bonds. The number of amides is 2. The summed E-state index contributed by atoms with van der Waals surface area (Å²) in [5.41, 5.74) is -0.965. The number of carboxylic acid groups (broad SMARTS) is 1. The molecule has 0 aromatic carbocycles. The number of urea groups is 1. The van der Waals surface area contributed by atoms with Gasteiger partial charge in [0, 0.05) is 12.6 Å². The van der Waals surface area contributed by atoms with Crippen molar-refractivity contribution in [2.75, 3.05) is 6.54 Å². The number of nitrogens with one attached hydrogen (secondary N) is 1. The molecule has 2 rings (SSSR count). The minimum Gasteiger partial charge on any atom is -0.479 e. The average molecular weight is 240 g/mol. The van der Waals surface area contributed by atoms with Crippen molar-refractivity contribution in [3.8, 4) is 0 Å². The van der Waals surface area contributed by atoms with E-state index in [4.69, 9.17) is 0 Å². The van der Waals surface area contributed by atoms with Crippen molar-refractivity contribution in [3.05, 3.63) is 0 Å². The molecule has 1 saturated carbocycles. The van der Waals surface area contributed by atoms with Crippen LogP contribution in [-0.4, -0.2) is 40.1 Å². The van der Waals surface area contributed by atoms with Crippen molar-refractivity contribution in [2.24, 2.45) is 0 Å². The Labute approximate surface area is 101 Å². The number of likely N-dealkylation sites (tertiary alicyclic amines) is 1. The molecule has 96 valence electrons. The standard InChI is InChI=1S/C12H20N2O3/c1-2-6-12(10(15)16)7-3-8-14(12)11(17)13-9-4-5-9/h9H,2-8H2,1H3,(H,13,17)(H,15,16). The summed E-state index contributed by atoms with van der Waals surface area (Å²) in [6.45, 7) is 2.52. The molecule has 0 spiro atoms. The third-order valence-electron chi connectivity index (χ3n) is 3.70. The van der Waals surface area contributed by atoms with Gasteiger partial charge in [-0.25, -0.2) is 9.59 Å². The molecule has 5 nitrogen and oxygen atoms in total. The van der Waals surface area contributed by atoms with Crippen LogP contribution in [0.1, 0.15) is 45.4 Å². The Hall–Kier alpha value is -1.26. The molecule has 5 heteroatoms. The second-order valence-electron chi connectivity index (χ2n) is 5.07. The molecule has 1 aliphatic carbocycles. The van der Waals surface area contributed by atoms with Gasteiger partial charge in [0.2, 0.25) is 0 Å². The van der Waals surface area contributed by atoms with Crippen LogP contribution in [0, 0.1) is 0 Å². The molecule has 2 N–H and O–H groups in total. The van der Waals surface area contributed by atoms with Crippen molar-refractivity contribution < 1.29 is 14.7 Å². The number of aliphatic carboxylic acids is 1. The Kier molecular flexibility index (Phi) is 3.26. The number of carbonyl (C=O) groups is 2. The van der Waals surface area contributed by atoms with Gasteiger partial charge in [-0.2, -0.15) is 0 Å². The SMILES string of the molecule is CCCC1(C(=O)O)CCCN1C(=O)NC1CC1. The van der Waals surface area contributed by atoms with Crippen LogP contribution in [0.25, 0.3) is 0 Å². The molecule has 1 heterocycles. The maximum Gasteiger partial charge on any atom is 0.329 e. The van der Waals surface area contributed by atoms with Crippen LogP contribution in [0.15, 0.2) is 0 Å². The molecular weight excluding hydrogens is 220 g/mol. The fraction of sp³-hybridized carbons (Fsp3) is 0.833. The second-order valence-corrected chi connectivity index (χ2v) is 5.07. The van der Waals surface area contributed by atoms with Gasteiger partial charge in [0.05, 0.1) is 0 Å². The molecule has 0 bridgehead atoms. The topological polar surface area (TPSA) is 69.6 Å². The first kappa shape index (κ1) is 12.2. The number of hydrogen-bond donors (Lipinski definition) is 2. The number of nitrogens with zero attached hydrogens (tertiary/aromatic N) is 1. The van der Waals surface area contributed by atoms with Crippen LogP contribution in [0.5, 0.6) is 0 Å². The summed E-state index contributed by atoms with van der Waals surface area (Å²) in [5.74, 6) is -0.859. The fourth-order valence-electron chi connectivity index (χ4n) is 2.66. The predicted molar refractivity (Wildman–Crippen MR) is 62.8 cm³/mol. The minimum atomic E-state index is -0.965. The fourth-order valence-corrected chi connectivity index (χ4v) is 2.66. The first-order chi connectivity index (χ1) is 8.10. The van der Waals surface area contributed by atoms with E-state index >= 15 is 0 Å². The van der Waals surface area contributed by atoms with Gasteiger partial charge < -0.3 is 15.3 Å². The molecule has 17 heavy (non-hydrogen) atoms. The minimum absolute atomic E-state index is 0.194. The van der Waals surface area contributed by atoms with Crippen LogP contribution in [0.3, 0.4) is 0 Å². The van der Waals surface area contributed by atoms with E-state index in [1.807, 2.05) is 6.92 Å². The Bertz CT molecular complexity index is 328. The zero-order valence-corrected chi connectivity index (χ0v) is 10.2. The lowest BCUT2D eigenvalue weighted by Crippen LogP contribution is -2.56. The van der Waals surface area contributed by atoms with Gasteiger partial charge in [0.15, 0.2) is 0 Å². The number of carboxylic acids is 1. The van der Waals surface area contributed by atoms with Crippen molar-refractivity contribution in [1.29, 1.82) is 0 Å². The van der Waals surface area contributed by atoms with E-state index in [0.717, 1.165) is 25.7 Å². The summed E-state index contributed by atoms with van der Waals surface area (Å²) in [5, 5.41) is 12.3. The Morgan fingerprint density at radius 1 is 1.47 bits per heavy atom. The molecule has 2 fully saturated rings. The molecule has 1 unspecified atom stereocenters. The molecule has 1 aliphatic heterocycles. The highest BCUT2D eigenvalue weighted by atomic mass is 16.4. The van der Waals surface area contributed by atoms with E-state index in [2.05, 4.69) is 5.32 Å². The van der Waals surface area contributed by atoms with E-state index < -0.39 is 11.5 Å². The molecule has 0 radical (unpaired) electrons. The van der Waals surface area contributed by atoms with Crippen molar-refractivity contribution >= 4 is 12.0 Å². The number of carbonyl (C=O) groups excluding carboxylic acids is 1. The van der Waals surface area contributed by atoms with E-state index in [1.54, 1.807) is 0 Å². The van der Waals surface area contributed by atoms with E-state index in [-0.39, 0.29) is 12.1 Å². The van der Waals surface area contributed by atoms with Crippen LogP contribution in [0.2, 0.25) is 0 Å². The highest BCUT2D eigenvalue weighted by molar-refractivity contribution is 5.87. The molecule has 0 aromatic rings. The highest BCUT2D eigenvalue weighted by Gasteiger charge is 2.49. The van der Waals surface area contributed by atoms with Crippen molar-refractivity contribution in [3.63, 3.8) is 0 Å². The van der Waals surface area contributed by atoms with Gasteiger partial charge in [-0.1, -0.05) is 13.3 Å². The summed E-state index contributed by atoms with van der Waals surface area (Å²) < 4.78 is 0. The Morgan fingerprint density at radius 2 is 2.18 bits per heavy atom. The Morgan fingerprint density at radius 3 is 2.71 bits per heavy atom.